The maximum absolute atomic E-state index is 12.5. The van der Waals surface area contributed by atoms with Gasteiger partial charge in [0.25, 0.3) is 5.56 Å². The third-order valence-corrected chi connectivity index (χ3v) is 2.58. The molecule has 0 saturated heterocycles. The quantitative estimate of drug-likeness (QED) is 0.898. The fraction of sp³-hybridized carbons (Fsp3) is 0.333. The molecule has 3 nitrogen and oxygen atoms in total. The Hall–Kier alpha value is -1.85. The lowest BCUT2D eigenvalue weighted by Gasteiger charge is -2.07. The van der Waals surface area contributed by atoms with Gasteiger partial charge >= 0.3 is 6.18 Å². The summed E-state index contributed by atoms with van der Waals surface area (Å²) in [6, 6.07) is 3.10. The summed E-state index contributed by atoms with van der Waals surface area (Å²) in [6.07, 6.45) is -3.25. The summed E-state index contributed by atoms with van der Waals surface area (Å²) in [5.41, 5.74) is -0.369. The van der Waals surface area contributed by atoms with Gasteiger partial charge in [-0.1, -0.05) is 13.3 Å². The summed E-state index contributed by atoms with van der Waals surface area (Å²) >= 11 is 0. The van der Waals surface area contributed by atoms with Crippen molar-refractivity contribution in [3.8, 4) is 0 Å². The van der Waals surface area contributed by atoms with E-state index in [2.05, 4.69) is 9.97 Å². The number of hydrogen-bond acceptors (Lipinski definition) is 2. The Labute approximate surface area is 101 Å². The van der Waals surface area contributed by atoms with Crippen LogP contribution in [0, 0.1) is 0 Å². The molecule has 0 fully saturated rings. The van der Waals surface area contributed by atoms with Crippen LogP contribution in [-0.2, 0) is 12.6 Å². The number of benzene rings is 1. The minimum Gasteiger partial charge on any atom is -0.319 e. The highest BCUT2D eigenvalue weighted by molar-refractivity contribution is 5.75. The number of rotatable bonds is 2. The second kappa shape index (κ2) is 4.44. The van der Waals surface area contributed by atoms with Crippen molar-refractivity contribution in [1.29, 1.82) is 0 Å². The number of hydrogen-bond donors (Lipinski definition) is 1. The van der Waals surface area contributed by atoms with Crippen LogP contribution in [0.4, 0.5) is 13.2 Å². The molecule has 6 heteroatoms. The van der Waals surface area contributed by atoms with Crippen LogP contribution < -0.4 is 5.56 Å². The van der Waals surface area contributed by atoms with E-state index >= 15 is 0 Å². The molecular formula is C12H11F3N2O. The molecule has 0 atom stereocenters. The van der Waals surface area contributed by atoms with Gasteiger partial charge < -0.3 is 4.98 Å². The number of aryl methyl sites for hydroxylation is 1. The molecular weight excluding hydrogens is 245 g/mol. The molecule has 1 heterocycles. The normalized spacial score (nSPS) is 12.0. The van der Waals surface area contributed by atoms with E-state index in [9.17, 15) is 18.0 Å². The van der Waals surface area contributed by atoms with Gasteiger partial charge in [0, 0.05) is 0 Å². The Bertz CT molecular complexity index is 631. The minimum absolute atomic E-state index is 0.160. The Morgan fingerprint density at radius 2 is 2.06 bits per heavy atom. The SMILES string of the molecule is CCCc1nc2cc(C(F)(F)F)ccc2[nH]c1=O. The summed E-state index contributed by atoms with van der Waals surface area (Å²) in [7, 11) is 0. The van der Waals surface area contributed by atoms with E-state index in [-0.39, 0.29) is 16.8 Å². The lowest BCUT2D eigenvalue weighted by atomic mass is 10.1. The largest absolute Gasteiger partial charge is 0.416 e. The highest BCUT2D eigenvalue weighted by Gasteiger charge is 2.30. The Morgan fingerprint density at radius 3 is 2.67 bits per heavy atom. The van der Waals surface area contributed by atoms with Gasteiger partial charge in [0.15, 0.2) is 0 Å². The van der Waals surface area contributed by atoms with E-state index in [1.807, 2.05) is 6.92 Å². The fourth-order valence-electron chi connectivity index (χ4n) is 1.70. The molecule has 18 heavy (non-hydrogen) atoms. The van der Waals surface area contributed by atoms with Gasteiger partial charge in [0.1, 0.15) is 5.69 Å². The van der Waals surface area contributed by atoms with Crippen molar-refractivity contribution in [1.82, 2.24) is 9.97 Å². The van der Waals surface area contributed by atoms with Crippen LogP contribution in [0.2, 0.25) is 0 Å². The number of fused-ring (bicyclic) bond motifs is 1. The van der Waals surface area contributed by atoms with Crippen molar-refractivity contribution in [2.24, 2.45) is 0 Å². The molecule has 1 N–H and O–H groups in total. The number of H-pyrrole nitrogens is 1. The second-order valence-electron chi connectivity index (χ2n) is 3.99. The second-order valence-corrected chi connectivity index (χ2v) is 3.99. The lowest BCUT2D eigenvalue weighted by Crippen LogP contribution is -2.15. The highest BCUT2D eigenvalue weighted by Crippen LogP contribution is 2.30. The van der Waals surface area contributed by atoms with Gasteiger partial charge in [-0.3, -0.25) is 4.79 Å². The number of nitrogens with zero attached hydrogens (tertiary/aromatic N) is 1. The predicted octanol–water partition coefficient (Wildman–Crippen LogP) is 2.89. The van der Waals surface area contributed by atoms with E-state index < -0.39 is 11.7 Å². The molecule has 0 radical (unpaired) electrons. The third-order valence-electron chi connectivity index (χ3n) is 2.58. The van der Waals surface area contributed by atoms with Crippen LogP contribution in [0.15, 0.2) is 23.0 Å². The van der Waals surface area contributed by atoms with Crippen LogP contribution in [0.3, 0.4) is 0 Å². The smallest absolute Gasteiger partial charge is 0.319 e. The van der Waals surface area contributed by atoms with Gasteiger partial charge in [0.2, 0.25) is 0 Å². The fourth-order valence-corrected chi connectivity index (χ4v) is 1.70. The Balaban J connectivity index is 2.62. The third kappa shape index (κ3) is 2.37. The maximum atomic E-state index is 12.5. The molecule has 0 spiro atoms. The van der Waals surface area contributed by atoms with E-state index in [4.69, 9.17) is 0 Å². The number of aromatic amines is 1. The van der Waals surface area contributed by atoms with Gasteiger partial charge in [-0.2, -0.15) is 13.2 Å². The van der Waals surface area contributed by atoms with Crippen LogP contribution in [0.5, 0.6) is 0 Å². The van der Waals surface area contributed by atoms with Gasteiger partial charge in [-0.15, -0.1) is 0 Å². The van der Waals surface area contributed by atoms with Gasteiger partial charge in [-0.25, -0.2) is 4.98 Å². The first-order valence-electron chi connectivity index (χ1n) is 5.52. The Morgan fingerprint density at radius 1 is 1.33 bits per heavy atom. The zero-order valence-corrected chi connectivity index (χ0v) is 9.64. The lowest BCUT2D eigenvalue weighted by molar-refractivity contribution is -0.137. The highest BCUT2D eigenvalue weighted by atomic mass is 19.4. The first-order valence-corrected chi connectivity index (χ1v) is 5.52. The molecule has 0 aliphatic heterocycles. The summed E-state index contributed by atoms with van der Waals surface area (Å²) in [4.78, 5) is 18.1. The van der Waals surface area contributed by atoms with Crippen molar-refractivity contribution >= 4 is 11.0 Å². The van der Waals surface area contributed by atoms with E-state index in [1.165, 1.54) is 6.07 Å². The van der Waals surface area contributed by atoms with Crippen LogP contribution in [0.25, 0.3) is 11.0 Å². The van der Waals surface area contributed by atoms with Crippen LogP contribution in [-0.4, -0.2) is 9.97 Å². The van der Waals surface area contributed by atoms with Crippen molar-refractivity contribution in [2.45, 2.75) is 25.9 Å². The average Bonchev–Trinajstić information content (AvgIpc) is 2.28. The van der Waals surface area contributed by atoms with Crippen molar-refractivity contribution < 1.29 is 13.2 Å². The molecule has 1 aromatic heterocycles. The first-order chi connectivity index (χ1) is 8.41. The maximum Gasteiger partial charge on any atom is 0.416 e. The molecule has 0 unspecified atom stereocenters. The predicted molar refractivity (Wildman–Crippen MR) is 61.4 cm³/mol. The summed E-state index contributed by atoms with van der Waals surface area (Å²) in [6.45, 7) is 1.87. The number of alkyl halides is 3. The summed E-state index contributed by atoms with van der Waals surface area (Å²) in [5, 5.41) is 0. The van der Waals surface area contributed by atoms with Gasteiger partial charge in [-0.05, 0) is 24.6 Å². The van der Waals surface area contributed by atoms with Crippen molar-refractivity contribution in [3.05, 3.63) is 39.8 Å². The molecule has 1 aromatic carbocycles. The zero-order valence-electron chi connectivity index (χ0n) is 9.64. The minimum atomic E-state index is -4.41. The number of aromatic nitrogens is 2. The molecule has 0 saturated carbocycles. The summed E-state index contributed by atoms with van der Waals surface area (Å²) in [5.74, 6) is 0. The van der Waals surface area contributed by atoms with Crippen LogP contribution >= 0.6 is 0 Å². The number of halogens is 3. The molecule has 0 bridgehead atoms. The standard InChI is InChI=1S/C12H11F3N2O/c1-2-3-9-11(18)17-8-5-4-7(12(13,14)15)6-10(8)16-9/h4-6H,2-3H2,1H3,(H,17,18). The van der Waals surface area contributed by atoms with Crippen LogP contribution in [0.1, 0.15) is 24.6 Å². The van der Waals surface area contributed by atoms with Gasteiger partial charge in [0.05, 0.1) is 16.6 Å². The zero-order chi connectivity index (χ0) is 13.3. The molecule has 0 aliphatic carbocycles. The molecule has 0 amide bonds. The molecule has 0 aliphatic rings. The molecule has 2 rings (SSSR count). The van der Waals surface area contributed by atoms with E-state index in [0.29, 0.717) is 18.4 Å². The molecule has 96 valence electrons. The number of nitrogens with one attached hydrogen (secondary N) is 1. The topological polar surface area (TPSA) is 45.8 Å². The van der Waals surface area contributed by atoms with Crippen molar-refractivity contribution in [2.75, 3.05) is 0 Å². The first kappa shape index (κ1) is 12.6. The monoisotopic (exact) mass is 256 g/mol. The van der Waals surface area contributed by atoms with E-state index in [0.717, 1.165) is 12.1 Å². The van der Waals surface area contributed by atoms with Crippen molar-refractivity contribution in [3.63, 3.8) is 0 Å². The Kier molecular flexibility index (Phi) is 3.11. The molecule has 2 aromatic rings. The summed E-state index contributed by atoms with van der Waals surface area (Å²) < 4.78 is 37.6. The average molecular weight is 256 g/mol. The van der Waals surface area contributed by atoms with E-state index in [1.54, 1.807) is 0 Å².